The van der Waals surface area contributed by atoms with Gasteiger partial charge in [-0.3, -0.25) is 9.59 Å². The van der Waals surface area contributed by atoms with Gasteiger partial charge in [-0.25, -0.2) is 0 Å². The van der Waals surface area contributed by atoms with E-state index in [0.717, 1.165) is 5.56 Å². The number of hydrogen-bond acceptors (Lipinski definition) is 2. The maximum absolute atomic E-state index is 12.3. The molecule has 2 aromatic carbocycles. The van der Waals surface area contributed by atoms with Crippen molar-refractivity contribution in [2.45, 2.75) is 12.8 Å². The molecule has 0 bridgehead atoms. The van der Waals surface area contributed by atoms with Crippen LogP contribution in [0.3, 0.4) is 0 Å². The van der Waals surface area contributed by atoms with Crippen LogP contribution in [0.2, 0.25) is 0 Å². The highest BCUT2D eigenvalue weighted by molar-refractivity contribution is 6.19. The van der Waals surface area contributed by atoms with Crippen molar-refractivity contribution in [2.75, 3.05) is 10.6 Å². The number of carbonyl (C=O) groups is 2. The van der Waals surface area contributed by atoms with Crippen LogP contribution < -0.4 is 10.6 Å². The van der Waals surface area contributed by atoms with Crippen molar-refractivity contribution in [3.05, 3.63) is 59.7 Å². The first-order valence-electron chi connectivity index (χ1n) is 6.42. The molecule has 2 amide bonds. The molecule has 1 aliphatic rings. The lowest BCUT2D eigenvalue weighted by molar-refractivity contribution is -0.125. The van der Waals surface area contributed by atoms with Gasteiger partial charge in [0.15, 0.2) is 0 Å². The summed E-state index contributed by atoms with van der Waals surface area (Å²) in [4.78, 5) is 24.6. The van der Waals surface area contributed by atoms with E-state index in [-0.39, 0.29) is 11.8 Å². The van der Waals surface area contributed by atoms with E-state index in [0.29, 0.717) is 16.9 Å². The van der Waals surface area contributed by atoms with Gasteiger partial charge in [0.25, 0.3) is 0 Å². The number of aryl methyl sites for hydroxylation is 1. The molecule has 1 atom stereocenters. The zero-order valence-corrected chi connectivity index (χ0v) is 11.0. The number of carbonyl (C=O) groups excluding carboxylic acids is 2. The van der Waals surface area contributed by atoms with Crippen LogP contribution in [-0.2, 0) is 9.59 Å². The summed E-state index contributed by atoms with van der Waals surface area (Å²) in [6.07, 6.45) is 0. The summed E-state index contributed by atoms with van der Waals surface area (Å²) < 4.78 is 0. The summed E-state index contributed by atoms with van der Waals surface area (Å²) in [7, 11) is 0. The Hall–Kier alpha value is -2.62. The lowest BCUT2D eigenvalue weighted by Crippen LogP contribution is -2.28. The van der Waals surface area contributed by atoms with Crippen molar-refractivity contribution in [2.24, 2.45) is 0 Å². The van der Waals surface area contributed by atoms with Gasteiger partial charge in [-0.15, -0.1) is 0 Å². The second-order valence-corrected chi connectivity index (χ2v) is 4.87. The first kappa shape index (κ1) is 12.4. The van der Waals surface area contributed by atoms with Gasteiger partial charge in [0.05, 0.1) is 11.4 Å². The standard InChI is InChI=1S/C16H14N2O2/c1-10-7-8-12-13(9-10)18-16(20)14(15(19)17-12)11-5-3-2-4-6-11/h2-9,14H,1H3,(H,17,19)(H,18,20). The Morgan fingerprint density at radius 2 is 1.50 bits per heavy atom. The highest BCUT2D eigenvalue weighted by Gasteiger charge is 2.32. The zero-order chi connectivity index (χ0) is 14.1. The number of benzene rings is 2. The van der Waals surface area contributed by atoms with Crippen LogP contribution in [0.15, 0.2) is 48.5 Å². The van der Waals surface area contributed by atoms with Crippen molar-refractivity contribution in [3.8, 4) is 0 Å². The van der Waals surface area contributed by atoms with E-state index in [4.69, 9.17) is 0 Å². The molecule has 100 valence electrons. The first-order chi connectivity index (χ1) is 9.65. The zero-order valence-electron chi connectivity index (χ0n) is 11.0. The number of hydrogen-bond donors (Lipinski definition) is 2. The second kappa shape index (κ2) is 4.81. The van der Waals surface area contributed by atoms with E-state index in [2.05, 4.69) is 10.6 Å². The summed E-state index contributed by atoms with van der Waals surface area (Å²) in [5.41, 5.74) is 2.98. The minimum atomic E-state index is -0.830. The van der Waals surface area contributed by atoms with Crippen molar-refractivity contribution >= 4 is 23.2 Å². The Labute approximate surface area is 116 Å². The van der Waals surface area contributed by atoms with Gasteiger partial charge in [0, 0.05) is 0 Å². The minimum absolute atomic E-state index is 0.307. The van der Waals surface area contributed by atoms with Crippen molar-refractivity contribution < 1.29 is 9.59 Å². The molecule has 1 unspecified atom stereocenters. The average Bonchev–Trinajstić information content (AvgIpc) is 2.54. The lowest BCUT2D eigenvalue weighted by Gasteiger charge is -2.11. The number of rotatable bonds is 1. The molecule has 0 aromatic heterocycles. The number of amides is 2. The molecule has 20 heavy (non-hydrogen) atoms. The molecule has 0 spiro atoms. The Morgan fingerprint density at radius 3 is 2.20 bits per heavy atom. The monoisotopic (exact) mass is 266 g/mol. The Bertz CT molecular complexity index is 680. The predicted molar refractivity (Wildman–Crippen MR) is 77.6 cm³/mol. The van der Waals surface area contributed by atoms with Crippen molar-refractivity contribution in [3.63, 3.8) is 0 Å². The lowest BCUT2D eigenvalue weighted by atomic mass is 9.97. The van der Waals surface area contributed by atoms with Crippen molar-refractivity contribution in [1.29, 1.82) is 0 Å². The molecular weight excluding hydrogens is 252 g/mol. The maximum atomic E-state index is 12.3. The quantitative estimate of drug-likeness (QED) is 0.780. The molecule has 0 fully saturated rings. The highest BCUT2D eigenvalue weighted by Crippen LogP contribution is 2.30. The van der Waals surface area contributed by atoms with E-state index >= 15 is 0 Å². The summed E-state index contributed by atoms with van der Waals surface area (Å²) in [6, 6.07) is 14.6. The fourth-order valence-electron chi connectivity index (χ4n) is 2.35. The van der Waals surface area contributed by atoms with Crippen LogP contribution in [0.5, 0.6) is 0 Å². The largest absolute Gasteiger partial charge is 0.323 e. The minimum Gasteiger partial charge on any atom is -0.323 e. The van der Waals surface area contributed by atoms with E-state index < -0.39 is 5.92 Å². The van der Waals surface area contributed by atoms with Crippen LogP contribution in [-0.4, -0.2) is 11.8 Å². The van der Waals surface area contributed by atoms with E-state index in [1.54, 1.807) is 18.2 Å². The third-order valence-electron chi connectivity index (χ3n) is 3.35. The van der Waals surface area contributed by atoms with E-state index in [9.17, 15) is 9.59 Å². The van der Waals surface area contributed by atoms with Gasteiger partial charge >= 0.3 is 0 Å². The fraction of sp³-hybridized carbons (Fsp3) is 0.125. The van der Waals surface area contributed by atoms with E-state index in [1.807, 2.05) is 37.3 Å². The van der Waals surface area contributed by atoms with Crippen LogP contribution >= 0.6 is 0 Å². The predicted octanol–water partition coefficient (Wildman–Crippen LogP) is 2.67. The molecular formula is C16H14N2O2. The molecule has 4 heteroatoms. The third-order valence-corrected chi connectivity index (χ3v) is 3.35. The SMILES string of the molecule is Cc1ccc2c(c1)NC(=O)C(c1ccccc1)C(=O)N2. The molecule has 2 N–H and O–H groups in total. The molecule has 3 rings (SSSR count). The van der Waals surface area contributed by atoms with Crippen molar-refractivity contribution in [1.82, 2.24) is 0 Å². The van der Waals surface area contributed by atoms with Crippen LogP contribution in [0.1, 0.15) is 17.0 Å². The molecule has 0 radical (unpaired) electrons. The second-order valence-electron chi connectivity index (χ2n) is 4.87. The molecule has 4 nitrogen and oxygen atoms in total. The fourth-order valence-corrected chi connectivity index (χ4v) is 2.35. The Kier molecular flexibility index (Phi) is 2.99. The highest BCUT2D eigenvalue weighted by atomic mass is 16.2. The Balaban J connectivity index is 2.02. The first-order valence-corrected chi connectivity index (χ1v) is 6.42. The van der Waals surface area contributed by atoms with Gasteiger partial charge in [-0.05, 0) is 30.2 Å². The summed E-state index contributed by atoms with van der Waals surface area (Å²) in [5, 5.41) is 5.63. The molecule has 0 saturated carbocycles. The summed E-state index contributed by atoms with van der Waals surface area (Å²) in [5.74, 6) is -1.45. The van der Waals surface area contributed by atoms with Gasteiger partial charge in [0.2, 0.25) is 11.8 Å². The topological polar surface area (TPSA) is 58.2 Å². The average molecular weight is 266 g/mol. The molecule has 0 saturated heterocycles. The van der Waals surface area contributed by atoms with Crippen LogP contribution in [0.25, 0.3) is 0 Å². The van der Waals surface area contributed by atoms with Gasteiger partial charge in [0.1, 0.15) is 5.92 Å². The van der Waals surface area contributed by atoms with Gasteiger partial charge in [-0.1, -0.05) is 36.4 Å². The summed E-state index contributed by atoms with van der Waals surface area (Å²) >= 11 is 0. The maximum Gasteiger partial charge on any atom is 0.241 e. The number of nitrogens with one attached hydrogen (secondary N) is 2. The normalized spacial score (nSPS) is 17.8. The molecule has 2 aromatic rings. The van der Waals surface area contributed by atoms with Crippen LogP contribution in [0.4, 0.5) is 11.4 Å². The Morgan fingerprint density at radius 1 is 0.850 bits per heavy atom. The van der Waals surface area contributed by atoms with E-state index in [1.165, 1.54) is 0 Å². The van der Waals surface area contributed by atoms with Crippen LogP contribution in [0, 0.1) is 6.92 Å². The third kappa shape index (κ3) is 2.16. The van der Waals surface area contributed by atoms with Gasteiger partial charge < -0.3 is 10.6 Å². The molecule has 1 aliphatic heterocycles. The number of anilines is 2. The molecule has 1 heterocycles. The smallest absolute Gasteiger partial charge is 0.241 e. The summed E-state index contributed by atoms with van der Waals surface area (Å²) in [6.45, 7) is 1.94. The van der Waals surface area contributed by atoms with Gasteiger partial charge in [-0.2, -0.15) is 0 Å². The molecule has 0 aliphatic carbocycles. The number of fused-ring (bicyclic) bond motifs is 1.